The molecular formula is C20H32N4O. The summed E-state index contributed by atoms with van der Waals surface area (Å²) in [4.78, 5) is 15.0. The second kappa shape index (κ2) is 7.10. The van der Waals surface area contributed by atoms with E-state index in [9.17, 15) is 4.79 Å². The molecule has 2 aliphatic carbocycles. The molecule has 1 N–H and O–H groups in total. The Morgan fingerprint density at radius 3 is 2.64 bits per heavy atom. The average molecular weight is 345 g/mol. The zero-order chi connectivity index (χ0) is 17.4. The number of nitrogens with one attached hydrogen (secondary N) is 1. The van der Waals surface area contributed by atoms with Crippen molar-refractivity contribution in [2.24, 2.45) is 24.8 Å². The second-order valence-corrected chi connectivity index (χ2v) is 8.64. The van der Waals surface area contributed by atoms with Crippen molar-refractivity contribution in [3.05, 3.63) is 17.5 Å². The number of nitrogens with zero attached hydrogens (tertiary/aromatic N) is 3. The molecule has 2 heterocycles. The number of carbonyl (C=O) groups excluding carboxylic acids is 1. The fraction of sp³-hybridized carbons (Fsp3) is 0.800. The van der Waals surface area contributed by atoms with Crippen molar-refractivity contribution in [2.45, 2.75) is 64.5 Å². The summed E-state index contributed by atoms with van der Waals surface area (Å²) in [6, 6.07) is 0.346. The van der Waals surface area contributed by atoms with Gasteiger partial charge in [-0.25, -0.2) is 0 Å². The van der Waals surface area contributed by atoms with Crippen molar-refractivity contribution in [2.75, 3.05) is 13.1 Å². The highest BCUT2D eigenvalue weighted by Crippen LogP contribution is 2.42. The van der Waals surface area contributed by atoms with Crippen LogP contribution in [0.3, 0.4) is 0 Å². The Labute approximate surface area is 151 Å². The first-order valence-corrected chi connectivity index (χ1v) is 10.1. The van der Waals surface area contributed by atoms with Gasteiger partial charge in [-0.15, -0.1) is 0 Å². The summed E-state index contributed by atoms with van der Waals surface area (Å²) in [5.41, 5.74) is 2.44. The summed E-state index contributed by atoms with van der Waals surface area (Å²) in [6.45, 7) is 5.15. The van der Waals surface area contributed by atoms with Crippen LogP contribution in [-0.4, -0.2) is 39.7 Å². The van der Waals surface area contributed by atoms with E-state index in [0.717, 1.165) is 37.7 Å². The first-order valence-electron chi connectivity index (χ1n) is 10.1. The number of carbonyl (C=O) groups is 1. The molecule has 5 heteroatoms. The van der Waals surface area contributed by atoms with E-state index in [0.29, 0.717) is 23.8 Å². The van der Waals surface area contributed by atoms with Gasteiger partial charge in [0, 0.05) is 50.9 Å². The molecular weight excluding hydrogens is 312 g/mol. The summed E-state index contributed by atoms with van der Waals surface area (Å²) in [5.74, 6) is 2.40. The number of likely N-dealkylation sites (tertiary alicyclic amines) is 1. The molecule has 25 heavy (non-hydrogen) atoms. The first-order chi connectivity index (χ1) is 12.1. The van der Waals surface area contributed by atoms with Gasteiger partial charge in [0.1, 0.15) is 0 Å². The van der Waals surface area contributed by atoms with Crippen LogP contribution in [0.2, 0.25) is 0 Å². The lowest BCUT2D eigenvalue weighted by Crippen LogP contribution is -2.41. The topological polar surface area (TPSA) is 50.2 Å². The molecule has 1 aliphatic heterocycles. The highest BCUT2D eigenvalue weighted by Gasteiger charge is 2.43. The quantitative estimate of drug-likeness (QED) is 0.863. The van der Waals surface area contributed by atoms with Crippen molar-refractivity contribution in [1.82, 2.24) is 20.0 Å². The minimum atomic E-state index is 0.293. The summed E-state index contributed by atoms with van der Waals surface area (Å²) < 4.78 is 1.90. The van der Waals surface area contributed by atoms with Gasteiger partial charge in [0.05, 0.1) is 5.69 Å². The third kappa shape index (κ3) is 4.08. The van der Waals surface area contributed by atoms with Crippen LogP contribution in [0.5, 0.6) is 0 Å². The maximum atomic E-state index is 12.5. The van der Waals surface area contributed by atoms with Crippen LogP contribution < -0.4 is 5.32 Å². The number of aryl methyl sites for hydroxylation is 2. The van der Waals surface area contributed by atoms with E-state index in [1.54, 1.807) is 0 Å². The third-order valence-corrected chi connectivity index (χ3v) is 6.47. The van der Waals surface area contributed by atoms with Gasteiger partial charge < -0.3 is 5.32 Å². The molecule has 1 aromatic rings. The monoisotopic (exact) mass is 344 g/mol. The second-order valence-electron chi connectivity index (χ2n) is 8.64. The summed E-state index contributed by atoms with van der Waals surface area (Å²) in [7, 11) is 1.99. The molecule has 1 aromatic heterocycles. The van der Waals surface area contributed by atoms with Gasteiger partial charge in [0.2, 0.25) is 5.91 Å². The SMILES string of the molecule is Cc1nn(C)cc1CN1C[C@H](NC(=O)CC2CCCC2)[C@@H](C2CC2)C1. The molecule has 5 nitrogen and oxygen atoms in total. The first kappa shape index (κ1) is 17.1. The van der Waals surface area contributed by atoms with Crippen molar-refractivity contribution < 1.29 is 4.79 Å². The van der Waals surface area contributed by atoms with E-state index in [1.807, 2.05) is 11.7 Å². The third-order valence-electron chi connectivity index (χ3n) is 6.47. The summed E-state index contributed by atoms with van der Waals surface area (Å²) >= 11 is 0. The zero-order valence-electron chi connectivity index (χ0n) is 15.7. The zero-order valence-corrected chi connectivity index (χ0v) is 15.7. The Hall–Kier alpha value is -1.36. The summed E-state index contributed by atoms with van der Waals surface area (Å²) in [5, 5.41) is 7.88. The van der Waals surface area contributed by atoms with Crippen molar-refractivity contribution in [1.29, 1.82) is 0 Å². The van der Waals surface area contributed by atoms with E-state index in [2.05, 4.69) is 28.4 Å². The Bertz CT molecular complexity index is 615. The minimum Gasteiger partial charge on any atom is -0.352 e. The van der Waals surface area contributed by atoms with Crippen LogP contribution in [0.15, 0.2) is 6.20 Å². The van der Waals surface area contributed by atoms with E-state index in [4.69, 9.17) is 0 Å². The van der Waals surface area contributed by atoms with Crippen LogP contribution in [0.1, 0.15) is 56.2 Å². The molecule has 3 aliphatic rings. The van der Waals surface area contributed by atoms with E-state index < -0.39 is 0 Å². The van der Waals surface area contributed by atoms with Crippen LogP contribution in [-0.2, 0) is 18.4 Å². The Kier molecular flexibility index (Phi) is 4.85. The van der Waals surface area contributed by atoms with Crippen molar-refractivity contribution in [3.63, 3.8) is 0 Å². The lowest BCUT2D eigenvalue weighted by atomic mass is 9.97. The number of amides is 1. The van der Waals surface area contributed by atoms with Crippen molar-refractivity contribution in [3.8, 4) is 0 Å². The molecule has 4 rings (SSSR count). The summed E-state index contributed by atoms with van der Waals surface area (Å²) in [6.07, 6.45) is 10.7. The van der Waals surface area contributed by atoms with Gasteiger partial charge in [-0.2, -0.15) is 5.10 Å². The Balaban J connectivity index is 1.35. The lowest BCUT2D eigenvalue weighted by molar-refractivity contribution is -0.122. The predicted octanol–water partition coefficient (Wildman–Crippen LogP) is 2.64. The Morgan fingerprint density at radius 2 is 2.00 bits per heavy atom. The molecule has 2 saturated carbocycles. The molecule has 0 radical (unpaired) electrons. The normalized spacial score (nSPS) is 27.9. The van der Waals surface area contributed by atoms with Gasteiger partial charge >= 0.3 is 0 Å². The van der Waals surface area contributed by atoms with E-state index in [1.165, 1.54) is 44.1 Å². The minimum absolute atomic E-state index is 0.293. The standard InChI is InChI=1S/C20H32N4O/c1-14-17(10-23(2)22-14)11-24-12-18(16-7-8-16)19(13-24)21-20(25)9-15-5-3-4-6-15/h10,15-16,18-19H,3-9,11-13H2,1-2H3,(H,21,25)/t18-,19+/m1/s1. The van der Waals surface area contributed by atoms with Gasteiger partial charge in [-0.1, -0.05) is 12.8 Å². The smallest absolute Gasteiger partial charge is 0.220 e. The molecule has 0 unspecified atom stereocenters. The molecule has 138 valence electrons. The van der Waals surface area contributed by atoms with Crippen molar-refractivity contribution >= 4 is 5.91 Å². The van der Waals surface area contributed by atoms with Crippen LogP contribution >= 0.6 is 0 Å². The molecule has 1 saturated heterocycles. The highest BCUT2D eigenvalue weighted by atomic mass is 16.1. The number of rotatable bonds is 6. The lowest BCUT2D eigenvalue weighted by Gasteiger charge is -2.20. The number of hydrogen-bond acceptors (Lipinski definition) is 3. The van der Waals surface area contributed by atoms with E-state index >= 15 is 0 Å². The number of aromatic nitrogens is 2. The maximum Gasteiger partial charge on any atom is 0.220 e. The largest absolute Gasteiger partial charge is 0.352 e. The predicted molar refractivity (Wildman–Crippen MR) is 97.9 cm³/mol. The van der Waals surface area contributed by atoms with Crippen LogP contribution in [0.4, 0.5) is 0 Å². The average Bonchev–Trinajstić information content (AvgIpc) is 2.98. The fourth-order valence-corrected chi connectivity index (χ4v) is 4.98. The maximum absolute atomic E-state index is 12.5. The van der Waals surface area contributed by atoms with Crippen LogP contribution in [0, 0.1) is 24.7 Å². The van der Waals surface area contributed by atoms with Gasteiger partial charge in [-0.05, 0) is 50.4 Å². The highest BCUT2D eigenvalue weighted by molar-refractivity contribution is 5.76. The molecule has 2 atom stereocenters. The van der Waals surface area contributed by atoms with Gasteiger partial charge in [0.25, 0.3) is 0 Å². The van der Waals surface area contributed by atoms with Crippen LogP contribution in [0.25, 0.3) is 0 Å². The molecule has 0 spiro atoms. The van der Waals surface area contributed by atoms with E-state index in [-0.39, 0.29) is 0 Å². The van der Waals surface area contributed by atoms with Gasteiger partial charge in [0.15, 0.2) is 0 Å². The Morgan fingerprint density at radius 1 is 1.24 bits per heavy atom. The molecule has 1 amide bonds. The molecule has 3 fully saturated rings. The fourth-order valence-electron chi connectivity index (χ4n) is 4.98. The number of hydrogen-bond donors (Lipinski definition) is 1. The molecule has 0 aromatic carbocycles. The van der Waals surface area contributed by atoms with Gasteiger partial charge in [-0.3, -0.25) is 14.4 Å². The molecule has 0 bridgehead atoms.